The lowest BCUT2D eigenvalue weighted by molar-refractivity contribution is -0.124. The van der Waals surface area contributed by atoms with Crippen molar-refractivity contribution in [3.05, 3.63) is 24.0 Å². The number of hydrogen-bond acceptors (Lipinski definition) is 3. The van der Waals surface area contributed by atoms with Crippen molar-refractivity contribution in [1.29, 1.82) is 0 Å². The molecule has 2 rings (SSSR count). The van der Waals surface area contributed by atoms with E-state index in [1.165, 1.54) is 25.3 Å². The molecule has 92 valence electrons. The zero-order valence-electron chi connectivity index (χ0n) is 9.53. The van der Waals surface area contributed by atoms with Crippen molar-refractivity contribution >= 4 is 11.6 Å². The highest BCUT2D eigenvalue weighted by molar-refractivity contribution is 5.95. The minimum atomic E-state index is -0.442. The van der Waals surface area contributed by atoms with E-state index in [-0.39, 0.29) is 5.91 Å². The van der Waals surface area contributed by atoms with Gasteiger partial charge in [0.25, 0.3) is 5.91 Å². The van der Waals surface area contributed by atoms with Gasteiger partial charge in [-0.2, -0.15) is 0 Å². The third kappa shape index (κ3) is 2.74. The number of methoxy groups -OCH3 is 1. The molecule has 5 heteroatoms. The van der Waals surface area contributed by atoms with Gasteiger partial charge >= 0.3 is 0 Å². The fraction of sp³-hybridized carbons (Fsp3) is 0.417. The van der Waals surface area contributed by atoms with Crippen LogP contribution in [0.25, 0.3) is 0 Å². The third-order valence-electron chi connectivity index (χ3n) is 2.64. The van der Waals surface area contributed by atoms with Gasteiger partial charge in [-0.25, -0.2) is 4.39 Å². The van der Waals surface area contributed by atoms with Gasteiger partial charge in [0.1, 0.15) is 17.7 Å². The van der Waals surface area contributed by atoms with E-state index in [9.17, 15) is 9.18 Å². The summed E-state index contributed by atoms with van der Waals surface area (Å²) in [6.07, 6.45) is 1.13. The Morgan fingerprint density at radius 3 is 3.06 bits per heavy atom. The average molecular weight is 239 g/mol. The number of hydrogen-bond donors (Lipinski definition) is 1. The van der Waals surface area contributed by atoms with E-state index in [0.717, 1.165) is 6.42 Å². The van der Waals surface area contributed by atoms with Crippen LogP contribution in [0.15, 0.2) is 18.2 Å². The van der Waals surface area contributed by atoms with E-state index in [2.05, 4.69) is 5.32 Å². The maximum Gasteiger partial charge on any atom is 0.253 e. The number of benzene rings is 1. The molecule has 1 aromatic carbocycles. The number of carbonyl (C=O) groups excluding carboxylic acids is 1. The fourth-order valence-electron chi connectivity index (χ4n) is 1.78. The predicted molar refractivity (Wildman–Crippen MR) is 60.6 cm³/mol. The van der Waals surface area contributed by atoms with Crippen LogP contribution in [0.3, 0.4) is 0 Å². The number of amides is 1. The van der Waals surface area contributed by atoms with Gasteiger partial charge in [-0.15, -0.1) is 0 Å². The molecule has 0 radical (unpaired) electrons. The van der Waals surface area contributed by atoms with E-state index in [4.69, 9.17) is 9.47 Å². The predicted octanol–water partition coefficient (Wildman–Crippen LogP) is 1.95. The highest BCUT2D eigenvalue weighted by Gasteiger charge is 2.24. The summed E-state index contributed by atoms with van der Waals surface area (Å²) in [5.41, 5.74) is 0.327. The summed E-state index contributed by atoms with van der Waals surface area (Å²) in [6, 6.07) is 3.98. The standard InChI is InChI=1S/C12H14FNO3/c1-16-10-5-4-8(13)7-9(10)14-12(15)11-3-2-6-17-11/h4-5,7,11H,2-3,6H2,1H3,(H,14,15). The molecule has 0 spiro atoms. The van der Waals surface area contributed by atoms with Crippen LogP contribution in [0.2, 0.25) is 0 Å². The lowest BCUT2D eigenvalue weighted by Gasteiger charge is -2.13. The topological polar surface area (TPSA) is 47.6 Å². The number of anilines is 1. The van der Waals surface area contributed by atoms with Crippen molar-refractivity contribution < 1.29 is 18.7 Å². The van der Waals surface area contributed by atoms with Gasteiger partial charge in [0, 0.05) is 12.7 Å². The Balaban J connectivity index is 2.11. The van der Waals surface area contributed by atoms with Crippen molar-refractivity contribution in [2.75, 3.05) is 19.0 Å². The molecule has 1 saturated heterocycles. The molecule has 1 N–H and O–H groups in total. The Morgan fingerprint density at radius 1 is 1.59 bits per heavy atom. The largest absolute Gasteiger partial charge is 0.495 e. The van der Waals surface area contributed by atoms with Crippen molar-refractivity contribution in [3.8, 4) is 5.75 Å². The van der Waals surface area contributed by atoms with Crippen LogP contribution in [0.4, 0.5) is 10.1 Å². The van der Waals surface area contributed by atoms with E-state index in [1.54, 1.807) is 0 Å². The molecule has 0 bridgehead atoms. The summed E-state index contributed by atoms with van der Waals surface area (Å²) in [4.78, 5) is 11.8. The van der Waals surface area contributed by atoms with Crippen LogP contribution in [-0.4, -0.2) is 25.7 Å². The Kier molecular flexibility index (Phi) is 3.58. The first-order chi connectivity index (χ1) is 8.20. The highest BCUT2D eigenvalue weighted by Crippen LogP contribution is 2.25. The average Bonchev–Trinajstić information content (AvgIpc) is 2.83. The molecule has 17 heavy (non-hydrogen) atoms. The molecule has 1 heterocycles. The molecule has 1 unspecified atom stereocenters. The van der Waals surface area contributed by atoms with E-state index >= 15 is 0 Å². The van der Waals surface area contributed by atoms with Crippen LogP contribution in [-0.2, 0) is 9.53 Å². The van der Waals surface area contributed by atoms with Crippen LogP contribution < -0.4 is 10.1 Å². The second-order valence-corrected chi connectivity index (χ2v) is 3.84. The molecule has 4 nitrogen and oxygen atoms in total. The van der Waals surface area contributed by atoms with Gasteiger partial charge in [-0.3, -0.25) is 4.79 Å². The van der Waals surface area contributed by atoms with Gasteiger partial charge < -0.3 is 14.8 Å². The number of carbonyl (C=O) groups is 1. The Bertz CT molecular complexity index is 416. The molecule has 1 atom stereocenters. The lowest BCUT2D eigenvalue weighted by atomic mass is 10.2. The normalized spacial score (nSPS) is 19.1. The van der Waals surface area contributed by atoms with Crippen molar-refractivity contribution in [2.45, 2.75) is 18.9 Å². The first-order valence-electron chi connectivity index (χ1n) is 5.46. The molecular weight excluding hydrogens is 225 g/mol. The molecule has 1 amide bonds. The van der Waals surface area contributed by atoms with Gasteiger partial charge in [0.2, 0.25) is 0 Å². The lowest BCUT2D eigenvalue weighted by Crippen LogP contribution is -2.27. The first-order valence-corrected chi connectivity index (χ1v) is 5.46. The number of halogens is 1. The first kappa shape index (κ1) is 11.9. The van der Waals surface area contributed by atoms with Crippen LogP contribution >= 0.6 is 0 Å². The SMILES string of the molecule is COc1ccc(F)cc1NC(=O)C1CCCO1. The second kappa shape index (κ2) is 5.14. The maximum atomic E-state index is 13.1. The fourth-order valence-corrected chi connectivity index (χ4v) is 1.78. The quantitative estimate of drug-likeness (QED) is 0.877. The van der Waals surface area contributed by atoms with Crippen molar-refractivity contribution in [3.63, 3.8) is 0 Å². The van der Waals surface area contributed by atoms with Gasteiger partial charge in [-0.05, 0) is 25.0 Å². The van der Waals surface area contributed by atoms with Crippen molar-refractivity contribution in [1.82, 2.24) is 0 Å². The molecule has 0 saturated carbocycles. The molecule has 0 aliphatic carbocycles. The van der Waals surface area contributed by atoms with Crippen LogP contribution in [0.1, 0.15) is 12.8 Å². The smallest absolute Gasteiger partial charge is 0.253 e. The summed E-state index contributed by atoms with van der Waals surface area (Å²) in [6.45, 7) is 0.596. The summed E-state index contributed by atoms with van der Waals surface area (Å²) in [7, 11) is 1.47. The molecule has 1 fully saturated rings. The van der Waals surface area contributed by atoms with Crippen molar-refractivity contribution in [2.24, 2.45) is 0 Å². The Morgan fingerprint density at radius 2 is 2.41 bits per heavy atom. The second-order valence-electron chi connectivity index (χ2n) is 3.84. The summed E-state index contributed by atoms with van der Waals surface area (Å²) in [5.74, 6) is -0.252. The molecule has 0 aromatic heterocycles. The Hall–Kier alpha value is -1.62. The number of nitrogens with one attached hydrogen (secondary N) is 1. The molecular formula is C12H14FNO3. The zero-order valence-corrected chi connectivity index (χ0v) is 9.53. The van der Waals surface area contributed by atoms with E-state index in [1.807, 2.05) is 0 Å². The Labute approximate surface area is 98.7 Å². The molecule has 1 aliphatic heterocycles. The zero-order chi connectivity index (χ0) is 12.3. The number of rotatable bonds is 3. The van der Waals surface area contributed by atoms with E-state index in [0.29, 0.717) is 24.5 Å². The van der Waals surface area contributed by atoms with Gasteiger partial charge in [0.15, 0.2) is 0 Å². The van der Waals surface area contributed by atoms with E-state index < -0.39 is 11.9 Å². The highest BCUT2D eigenvalue weighted by atomic mass is 19.1. The van der Waals surface area contributed by atoms with Gasteiger partial charge in [0.05, 0.1) is 12.8 Å². The molecule has 1 aromatic rings. The summed E-state index contributed by atoms with van der Waals surface area (Å²) in [5, 5.41) is 2.62. The minimum Gasteiger partial charge on any atom is -0.495 e. The minimum absolute atomic E-state index is 0.258. The molecule has 1 aliphatic rings. The third-order valence-corrected chi connectivity index (χ3v) is 2.64. The van der Waals surface area contributed by atoms with Crippen LogP contribution in [0.5, 0.6) is 5.75 Å². The number of ether oxygens (including phenoxy) is 2. The van der Waals surface area contributed by atoms with Gasteiger partial charge in [-0.1, -0.05) is 0 Å². The summed E-state index contributed by atoms with van der Waals surface area (Å²) >= 11 is 0. The monoisotopic (exact) mass is 239 g/mol. The van der Waals surface area contributed by atoms with Crippen LogP contribution in [0, 0.1) is 5.82 Å². The summed E-state index contributed by atoms with van der Waals surface area (Å²) < 4.78 is 23.4. The maximum absolute atomic E-state index is 13.1.